The number of carbonyl (C=O) groups excluding carboxylic acids is 1. The number of ether oxygens (including phenoxy) is 1. The lowest BCUT2D eigenvalue weighted by Gasteiger charge is -2.15. The first-order valence-corrected chi connectivity index (χ1v) is 6.39. The number of halogens is 1. The number of hydrogen-bond acceptors (Lipinski definition) is 3. The quantitative estimate of drug-likeness (QED) is 0.778. The molecule has 1 aromatic rings. The number of carbonyl (C=O) groups is 1. The van der Waals surface area contributed by atoms with Gasteiger partial charge in [-0.15, -0.1) is 0 Å². The fourth-order valence-electron chi connectivity index (χ4n) is 1.47. The maximum absolute atomic E-state index is 13.2. The Hall–Kier alpha value is -1.78. The van der Waals surface area contributed by atoms with E-state index in [1.807, 2.05) is 0 Å². The Morgan fingerprint density at radius 1 is 1.42 bits per heavy atom. The standard InChI is InChI=1S/C14H21FN2O2/c1-9(2)6-7-17-14(18)10(3)19-11-4-5-13(16)12(15)8-11/h4-5,8-10H,6-7,16H2,1-3H3,(H,17,18). The molecule has 0 aliphatic carbocycles. The molecule has 0 saturated carbocycles. The first kappa shape index (κ1) is 15.3. The van der Waals surface area contributed by atoms with Crippen LogP contribution in [-0.4, -0.2) is 18.6 Å². The SMILES string of the molecule is CC(C)CCNC(=O)C(C)Oc1ccc(N)c(F)c1. The third-order valence-electron chi connectivity index (χ3n) is 2.67. The van der Waals surface area contributed by atoms with Gasteiger partial charge in [-0.25, -0.2) is 4.39 Å². The molecular formula is C14H21FN2O2. The maximum atomic E-state index is 13.2. The zero-order chi connectivity index (χ0) is 14.4. The van der Waals surface area contributed by atoms with E-state index >= 15 is 0 Å². The van der Waals surface area contributed by atoms with E-state index < -0.39 is 11.9 Å². The molecule has 1 aromatic carbocycles. The molecule has 1 unspecified atom stereocenters. The highest BCUT2D eigenvalue weighted by Crippen LogP contribution is 2.19. The zero-order valence-corrected chi connectivity index (χ0v) is 11.6. The molecule has 0 fully saturated rings. The Kier molecular flexibility index (Phi) is 5.60. The Bertz CT molecular complexity index is 435. The highest BCUT2D eigenvalue weighted by Gasteiger charge is 2.14. The second-order valence-corrected chi connectivity index (χ2v) is 4.92. The van der Waals surface area contributed by atoms with Crippen molar-refractivity contribution in [1.82, 2.24) is 5.32 Å². The van der Waals surface area contributed by atoms with Crippen LogP contribution in [0.15, 0.2) is 18.2 Å². The normalized spacial score (nSPS) is 12.3. The average Bonchev–Trinajstić information content (AvgIpc) is 2.33. The molecular weight excluding hydrogens is 247 g/mol. The lowest BCUT2D eigenvalue weighted by molar-refractivity contribution is -0.127. The predicted octanol–water partition coefficient (Wildman–Crippen LogP) is 2.34. The van der Waals surface area contributed by atoms with E-state index in [4.69, 9.17) is 10.5 Å². The molecule has 1 amide bonds. The van der Waals surface area contributed by atoms with E-state index in [1.54, 1.807) is 6.92 Å². The van der Waals surface area contributed by atoms with Gasteiger partial charge in [0, 0.05) is 12.6 Å². The Morgan fingerprint density at radius 3 is 2.68 bits per heavy atom. The third kappa shape index (κ3) is 5.16. The van der Waals surface area contributed by atoms with Gasteiger partial charge in [0.15, 0.2) is 6.10 Å². The van der Waals surface area contributed by atoms with Gasteiger partial charge in [-0.3, -0.25) is 4.79 Å². The van der Waals surface area contributed by atoms with Gasteiger partial charge in [-0.2, -0.15) is 0 Å². The van der Waals surface area contributed by atoms with E-state index in [-0.39, 0.29) is 11.6 Å². The first-order chi connectivity index (χ1) is 8.90. The molecule has 3 N–H and O–H groups in total. The number of benzene rings is 1. The number of anilines is 1. The van der Waals surface area contributed by atoms with E-state index in [2.05, 4.69) is 19.2 Å². The minimum Gasteiger partial charge on any atom is -0.481 e. The van der Waals surface area contributed by atoms with Crippen molar-refractivity contribution in [1.29, 1.82) is 0 Å². The fraction of sp³-hybridized carbons (Fsp3) is 0.500. The monoisotopic (exact) mass is 268 g/mol. The minimum absolute atomic E-state index is 0.0568. The largest absolute Gasteiger partial charge is 0.481 e. The van der Waals surface area contributed by atoms with Gasteiger partial charge < -0.3 is 15.8 Å². The summed E-state index contributed by atoms with van der Waals surface area (Å²) in [6, 6.07) is 4.12. The molecule has 1 rings (SSSR count). The minimum atomic E-state index is -0.671. The molecule has 0 aliphatic heterocycles. The van der Waals surface area contributed by atoms with Crippen molar-refractivity contribution in [2.24, 2.45) is 5.92 Å². The van der Waals surface area contributed by atoms with E-state index in [0.29, 0.717) is 18.2 Å². The van der Waals surface area contributed by atoms with Crippen LogP contribution < -0.4 is 15.8 Å². The van der Waals surface area contributed by atoms with Crippen LogP contribution in [0.4, 0.5) is 10.1 Å². The summed E-state index contributed by atoms with van der Waals surface area (Å²) < 4.78 is 18.6. The van der Waals surface area contributed by atoms with Crippen molar-refractivity contribution in [3.8, 4) is 5.75 Å². The van der Waals surface area contributed by atoms with Crippen LogP contribution in [0.3, 0.4) is 0 Å². The average molecular weight is 268 g/mol. The highest BCUT2D eigenvalue weighted by molar-refractivity contribution is 5.80. The summed E-state index contributed by atoms with van der Waals surface area (Å²) in [6.45, 7) is 6.41. The fourth-order valence-corrected chi connectivity index (χ4v) is 1.47. The summed E-state index contributed by atoms with van der Waals surface area (Å²) in [5, 5.41) is 2.78. The summed E-state index contributed by atoms with van der Waals surface area (Å²) in [4.78, 5) is 11.7. The summed E-state index contributed by atoms with van der Waals surface area (Å²) >= 11 is 0. The van der Waals surface area contributed by atoms with Crippen LogP contribution in [0.1, 0.15) is 27.2 Å². The molecule has 0 bridgehead atoms. The van der Waals surface area contributed by atoms with Crippen molar-refractivity contribution in [2.45, 2.75) is 33.3 Å². The molecule has 106 valence electrons. The summed E-state index contributed by atoms with van der Waals surface area (Å²) in [6.07, 6.45) is 0.241. The second kappa shape index (κ2) is 6.97. The van der Waals surface area contributed by atoms with Crippen LogP contribution in [0.5, 0.6) is 5.75 Å². The lowest BCUT2D eigenvalue weighted by atomic mass is 10.1. The Morgan fingerprint density at radius 2 is 2.11 bits per heavy atom. The number of amides is 1. The van der Waals surface area contributed by atoms with Crippen LogP contribution in [0.25, 0.3) is 0 Å². The van der Waals surface area contributed by atoms with Gasteiger partial charge in [0.2, 0.25) is 0 Å². The Labute approximate surface area is 113 Å². The molecule has 4 nitrogen and oxygen atoms in total. The second-order valence-electron chi connectivity index (χ2n) is 4.92. The van der Waals surface area contributed by atoms with Gasteiger partial charge in [0.05, 0.1) is 5.69 Å². The van der Waals surface area contributed by atoms with Crippen LogP contribution in [0, 0.1) is 11.7 Å². The maximum Gasteiger partial charge on any atom is 0.260 e. The molecule has 19 heavy (non-hydrogen) atoms. The molecule has 0 aromatic heterocycles. The molecule has 0 radical (unpaired) electrons. The van der Waals surface area contributed by atoms with Crippen molar-refractivity contribution in [3.63, 3.8) is 0 Å². The van der Waals surface area contributed by atoms with E-state index in [9.17, 15) is 9.18 Å². The number of nitrogens with one attached hydrogen (secondary N) is 1. The molecule has 0 aliphatic rings. The Balaban J connectivity index is 2.47. The van der Waals surface area contributed by atoms with Crippen LogP contribution in [0.2, 0.25) is 0 Å². The first-order valence-electron chi connectivity index (χ1n) is 6.39. The lowest BCUT2D eigenvalue weighted by Crippen LogP contribution is -2.37. The van der Waals surface area contributed by atoms with Gasteiger partial charge in [-0.1, -0.05) is 13.8 Å². The van der Waals surface area contributed by atoms with Crippen molar-refractivity contribution in [3.05, 3.63) is 24.0 Å². The third-order valence-corrected chi connectivity index (χ3v) is 2.67. The van der Waals surface area contributed by atoms with Crippen molar-refractivity contribution in [2.75, 3.05) is 12.3 Å². The van der Waals surface area contributed by atoms with Gasteiger partial charge in [0.1, 0.15) is 11.6 Å². The highest BCUT2D eigenvalue weighted by atomic mass is 19.1. The summed E-state index contributed by atoms with van der Waals surface area (Å²) in [5.74, 6) is 0.0590. The number of hydrogen-bond donors (Lipinski definition) is 2. The van der Waals surface area contributed by atoms with Crippen molar-refractivity contribution < 1.29 is 13.9 Å². The topological polar surface area (TPSA) is 64.3 Å². The molecule has 1 atom stereocenters. The molecule has 5 heteroatoms. The zero-order valence-electron chi connectivity index (χ0n) is 11.6. The van der Waals surface area contributed by atoms with E-state index in [0.717, 1.165) is 6.42 Å². The number of rotatable bonds is 6. The number of nitrogens with two attached hydrogens (primary N) is 1. The smallest absolute Gasteiger partial charge is 0.260 e. The van der Waals surface area contributed by atoms with Gasteiger partial charge in [0.25, 0.3) is 5.91 Å². The van der Waals surface area contributed by atoms with Gasteiger partial charge in [-0.05, 0) is 31.4 Å². The van der Waals surface area contributed by atoms with Gasteiger partial charge >= 0.3 is 0 Å². The van der Waals surface area contributed by atoms with Crippen LogP contribution in [-0.2, 0) is 4.79 Å². The van der Waals surface area contributed by atoms with E-state index in [1.165, 1.54) is 18.2 Å². The van der Waals surface area contributed by atoms with Crippen LogP contribution >= 0.6 is 0 Å². The molecule has 0 saturated heterocycles. The molecule has 0 spiro atoms. The summed E-state index contributed by atoms with van der Waals surface area (Å²) in [5.41, 5.74) is 5.42. The predicted molar refractivity (Wildman–Crippen MR) is 73.4 cm³/mol. The summed E-state index contributed by atoms with van der Waals surface area (Å²) in [7, 11) is 0. The molecule has 0 heterocycles. The van der Waals surface area contributed by atoms with Crippen molar-refractivity contribution >= 4 is 11.6 Å². The number of nitrogen functional groups attached to an aromatic ring is 1.